The summed E-state index contributed by atoms with van der Waals surface area (Å²) in [4.78, 5) is 18.7. The van der Waals surface area contributed by atoms with Gasteiger partial charge in [0.2, 0.25) is 5.91 Å². The minimum absolute atomic E-state index is 0.0651. The lowest BCUT2D eigenvalue weighted by molar-refractivity contribution is -0.122. The van der Waals surface area contributed by atoms with E-state index in [4.69, 9.17) is 4.74 Å². The van der Waals surface area contributed by atoms with Crippen LogP contribution in [0, 0.1) is 25.7 Å². The molecule has 1 N–H and O–H groups in total. The van der Waals surface area contributed by atoms with Crippen molar-refractivity contribution in [2.75, 3.05) is 53.9 Å². The summed E-state index contributed by atoms with van der Waals surface area (Å²) in [6.45, 7) is 9.40. The number of piperidine rings is 1. The van der Waals surface area contributed by atoms with Gasteiger partial charge in [-0.15, -0.1) is 0 Å². The van der Waals surface area contributed by atoms with Crippen LogP contribution in [0.3, 0.4) is 0 Å². The quantitative estimate of drug-likeness (QED) is 0.590. The minimum Gasteiger partial charge on any atom is -0.497 e. The SMILES string of the molecule is COc1cc(C)c(S(=O)N(C)CCC(=O)NC2CCC(N3CCC4CN(C)CC4C3)CC2)c(C)c1. The van der Waals surface area contributed by atoms with Crippen LogP contribution in [0.2, 0.25) is 0 Å². The van der Waals surface area contributed by atoms with Crippen LogP contribution in [0.4, 0.5) is 0 Å². The third kappa shape index (κ3) is 6.45. The number of aryl methyl sites for hydroxylation is 2. The van der Waals surface area contributed by atoms with Crippen molar-refractivity contribution in [1.29, 1.82) is 0 Å². The molecule has 1 amide bonds. The summed E-state index contributed by atoms with van der Waals surface area (Å²) in [5.41, 5.74) is 1.88. The Hall–Kier alpha value is -1.48. The second-order valence-corrected chi connectivity index (χ2v) is 12.6. The molecule has 1 aromatic carbocycles. The highest BCUT2D eigenvalue weighted by atomic mass is 32.2. The van der Waals surface area contributed by atoms with Gasteiger partial charge in [-0.1, -0.05) is 0 Å². The molecule has 7 nitrogen and oxygen atoms in total. The number of likely N-dealkylation sites (tertiary alicyclic amines) is 2. The number of rotatable bonds is 8. The highest BCUT2D eigenvalue weighted by Gasteiger charge is 2.38. The number of carbonyl (C=O) groups is 1. The van der Waals surface area contributed by atoms with Gasteiger partial charge in [-0.05, 0) is 94.6 Å². The van der Waals surface area contributed by atoms with Gasteiger partial charge in [0.1, 0.15) is 16.7 Å². The van der Waals surface area contributed by atoms with Crippen LogP contribution in [0.1, 0.15) is 49.7 Å². The summed E-state index contributed by atoms with van der Waals surface area (Å²) in [6.07, 6.45) is 6.19. The Bertz CT molecular complexity index is 895. The molecule has 35 heavy (non-hydrogen) atoms. The zero-order valence-electron chi connectivity index (χ0n) is 22.2. The molecule has 3 unspecified atom stereocenters. The van der Waals surface area contributed by atoms with Gasteiger partial charge in [-0.25, -0.2) is 8.51 Å². The second-order valence-electron chi connectivity index (χ2n) is 11.0. The van der Waals surface area contributed by atoms with Crippen LogP contribution in [-0.4, -0.2) is 90.2 Å². The normalized spacial score (nSPS) is 28.6. The minimum atomic E-state index is -1.31. The average Bonchev–Trinajstić information content (AvgIpc) is 3.21. The number of nitrogens with zero attached hydrogens (tertiary/aromatic N) is 3. The van der Waals surface area contributed by atoms with E-state index in [1.807, 2.05) is 33.0 Å². The van der Waals surface area contributed by atoms with Crippen molar-refractivity contribution in [2.24, 2.45) is 11.8 Å². The molecule has 4 rings (SSSR count). The fourth-order valence-electron chi connectivity index (χ4n) is 6.45. The number of carbonyl (C=O) groups excluding carboxylic acids is 1. The van der Waals surface area contributed by atoms with Gasteiger partial charge in [-0.2, -0.15) is 0 Å². The van der Waals surface area contributed by atoms with Gasteiger partial charge < -0.3 is 19.9 Å². The van der Waals surface area contributed by atoms with Gasteiger partial charge in [0.15, 0.2) is 0 Å². The number of hydrogen-bond donors (Lipinski definition) is 1. The number of amides is 1. The van der Waals surface area contributed by atoms with Gasteiger partial charge in [0.05, 0.1) is 12.0 Å². The molecule has 196 valence electrons. The standard InChI is InChI=1S/C27H44N4O3S/c1-19-14-25(34-5)15-20(2)27(19)35(33)30(4)12-11-26(32)28-23-6-8-24(9-7-23)31-13-10-21-16-29(3)17-22(21)18-31/h14-15,21-24H,6-13,16-18H2,1-5H3,(H,28,32). The summed E-state index contributed by atoms with van der Waals surface area (Å²) >= 11 is 0. The molecule has 3 fully saturated rings. The van der Waals surface area contributed by atoms with Crippen LogP contribution in [0.15, 0.2) is 17.0 Å². The molecule has 8 heteroatoms. The van der Waals surface area contributed by atoms with Crippen LogP contribution < -0.4 is 10.1 Å². The Morgan fingerprint density at radius 2 is 1.74 bits per heavy atom. The van der Waals surface area contributed by atoms with E-state index < -0.39 is 11.0 Å². The Kier molecular flexibility index (Phi) is 8.90. The van der Waals surface area contributed by atoms with E-state index in [9.17, 15) is 9.00 Å². The van der Waals surface area contributed by atoms with Gasteiger partial charge >= 0.3 is 0 Å². The smallest absolute Gasteiger partial charge is 0.221 e. The van der Waals surface area contributed by atoms with E-state index in [-0.39, 0.29) is 11.9 Å². The molecular weight excluding hydrogens is 460 g/mol. The number of hydrogen-bond acceptors (Lipinski definition) is 5. The van der Waals surface area contributed by atoms with E-state index in [0.29, 0.717) is 19.0 Å². The van der Waals surface area contributed by atoms with E-state index >= 15 is 0 Å². The largest absolute Gasteiger partial charge is 0.497 e. The molecule has 2 heterocycles. The van der Waals surface area contributed by atoms with Crippen LogP contribution in [0.25, 0.3) is 0 Å². The summed E-state index contributed by atoms with van der Waals surface area (Å²) < 4.78 is 20.2. The summed E-state index contributed by atoms with van der Waals surface area (Å²) in [5.74, 6) is 2.58. The van der Waals surface area contributed by atoms with Crippen LogP contribution in [0.5, 0.6) is 5.75 Å². The zero-order valence-corrected chi connectivity index (χ0v) is 23.0. The Morgan fingerprint density at radius 1 is 1.09 bits per heavy atom. The number of fused-ring (bicyclic) bond motifs is 1. The van der Waals surface area contributed by atoms with Crippen molar-refractivity contribution in [3.63, 3.8) is 0 Å². The Morgan fingerprint density at radius 3 is 2.40 bits per heavy atom. The van der Waals surface area contributed by atoms with E-state index in [2.05, 4.69) is 22.2 Å². The molecule has 2 saturated heterocycles. The van der Waals surface area contributed by atoms with Crippen molar-refractivity contribution < 1.29 is 13.7 Å². The number of nitrogens with one attached hydrogen (secondary N) is 1. The molecule has 0 bridgehead atoms. The maximum atomic E-state index is 13.1. The molecule has 0 spiro atoms. The number of ether oxygens (including phenoxy) is 1. The molecule has 1 aliphatic carbocycles. The molecular formula is C27H44N4O3S. The second kappa shape index (κ2) is 11.7. The molecule has 1 saturated carbocycles. The Labute approximate surface area is 214 Å². The maximum Gasteiger partial charge on any atom is 0.221 e. The lowest BCUT2D eigenvalue weighted by Crippen LogP contribution is -2.49. The van der Waals surface area contributed by atoms with Gasteiger partial charge in [-0.3, -0.25) is 4.79 Å². The van der Waals surface area contributed by atoms with Crippen molar-refractivity contribution in [3.8, 4) is 5.75 Å². The van der Waals surface area contributed by atoms with E-state index in [1.54, 1.807) is 11.4 Å². The maximum absolute atomic E-state index is 13.1. The topological polar surface area (TPSA) is 65.1 Å². The molecule has 3 aliphatic rings. The highest BCUT2D eigenvalue weighted by Crippen LogP contribution is 2.34. The third-order valence-corrected chi connectivity index (χ3v) is 10.1. The van der Waals surface area contributed by atoms with Gasteiger partial charge in [0.25, 0.3) is 0 Å². The van der Waals surface area contributed by atoms with Gasteiger partial charge in [0, 0.05) is 51.7 Å². The predicted molar refractivity (Wildman–Crippen MR) is 141 cm³/mol. The fraction of sp³-hybridized carbons (Fsp3) is 0.741. The van der Waals surface area contributed by atoms with Crippen molar-refractivity contribution in [1.82, 2.24) is 19.4 Å². The van der Waals surface area contributed by atoms with Crippen LogP contribution >= 0.6 is 0 Å². The molecule has 0 radical (unpaired) electrons. The van der Waals surface area contributed by atoms with Crippen LogP contribution in [-0.2, 0) is 15.8 Å². The van der Waals surface area contributed by atoms with Crippen molar-refractivity contribution >= 4 is 16.9 Å². The molecule has 1 aromatic rings. The summed E-state index contributed by atoms with van der Waals surface area (Å²) in [6, 6.07) is 4.77. The highest BCUT2D eigenvalue weighted by molar-refractivity contribution is 7.82. The summed E-state index contributed by atoms with van der Waals surface area (Å²) in [7, 11) is 4.41. The van der Waals surface area contributed by atoms with E-state index in [0.717, 1.165) is 46.4 Å². The first kappa shape index (κ1) is 26.6. The Balaban J connectivity index is 1.19. The first-order valence-electron chi connectivity index (χ1n) is 13.2. The van der Waals surface area contributed by atoms with Crippen molar-refractivity contribution in [2.45, 2.75) is 69.4 Å². The molecule has 3 atom stereocenters. The third-order valence-electron chi connectivity index (χ3n) is 8.37. The van der Waals surface area contributed by atoms with E-state index in [1.165, 1.54) is 45.4 Å². The average molecular weight is 505 g/mol. The zero-order chi connectivity index (χ0) is 25.1. The summed E-state index contributed by atoms with van der Waals surface area (Å²) in [5, 5.41) is 3.25. The molecule has 2 aliphatic heterocycles. The first-order valence-corrected chi connectivity index (χ1v) is 14.4. The lowest BCUT2D eigenvalue weighted by atomic mass is 9.84. The first-order chi connectivity index (χ1) is 16.7. The number of methoxy groups -OCH3 is 1. The van der Waals surface area contributed by atoms with Crippen molar-refractivity contribution in [3.05, 3.63) is 23.3 Å². The lowest BCUT2D eigenvalue weighted by Gasteiger charge is -2.42. The number of benzene rings is 1. The monoisotopic (exact) mass is 504 g/mol. The molecule has 0 aromatic heterocycles. The predicted octanol–water partition coefficient (Wildman–Crippen LogP) is 2.97. The fourth-order valence-corrected chi connectivity index (χ4v) is 7.69.